The van der Waals surface area contributed by atoms with Crippen LogP contribution in [-0.2, 0) is 9.53 Å². The molecular formula is C26H29ClF3NO4. The zero-order valence-electron chi connectivity index (χ0n) is 20.3. The fraction of sp³-hybridized carbons (Fsp3) is 0.462. The van der Waals surface area contributed by atoms with Crippen LogP contribution in [0.5, 0.6) is 5.75 Å². The Balaban J connectivity index is 2.28. The Morgan fingerprint density at radius 1 is 1.11 bits per heavy atom. The van der Waals surface area contributed by atoms with E-state index >= 15 is 4.39 Å². The van der Waals surface area contributed by atoms with Crippen molar-refractivity contribution in [2.24, 2.45) is 5.92 Å². The summed E-state index contributed by atoms with van der Waals surface area (Å²) in [6.45, 7) is 8.68. The van der Waals surface area contributed by atoms with Crippen molar-refractivity contribution in [2.45, 2.75) is 71.4 Å². The molecule has 0 saturated carbocycles. The van der Waals surface area contributed by atoms with Gasteiger partial charge in [-0.3, -0.25) is 9.59 Å². The van der Waals surface area contributed by atoms with Crippen molar-refractivity contribution in [1.29, 1.82) is 0 Å². The van der Waals surface area contributed by atoms with Crippen LogP contribution in [0.4, 0.5) is 18.9 Å². The molecule has 1 aliphatic heterocycles. The lowest BCUT2D eigenvalue weighted by molar-refractivity contribution is -0.154. The predicted octanol–water partition coefficient (Wildman–Crippen LogP) is 6.74. The summed E-state index contributed by atoms with van der Waals surface area (Å²) in [5.41, 5.74) is -1.53. The molecule has 0 aromatic heterocycles. The van der Waals surface area contributed by atoms with E-state index < -0.39 is 52.5 Å². The third-order valence-electron chi connectivity index (χ3n) is 7.14. The zero-order valence-corrected chi connectivity index (χ0v) is 21.0. The highest BCUT2D eigenvalue weighted by Gasteiger charge is 2.57. The van der Waals surface area contributed by atoms with Crippen LogP contribution in [0.15, 0.2) is 24.3 Å². The number of carbonyl (C=O) groups is 2. The summed E-state index contributed by atoms with van der Waals surface area (Å²) in [5, 5.41) is 9.90. The summed E-state index contributed by atoms with van der Waals surface area (Å²) in [5.74, 6) is -7.71. The Hall–Kier alpha value is -2.74. The van der Waals surface area contributed by atoms with Gasteiger partial charge in [0.25, 0.3) is 5.91 Å². The number of phenolic OH excluding ortho intramolecular Hbond substituents is 1. The molecule has 0 bridgehead atoms. The first kappa shape index (κ1) is 26.9. The van der Waals surface area contributed by atoms with Crippen LogP contribution in [0.25, 0.3) is 0 Å². The second kappa shape index (κ2) is 10.1. The molecule has 0 spiro atoms. The maximum absolute atomic E-state index is 15.5. The van der Waals surface area contributed by atoms with Crippen LogP contribution in [0.1, 0.15) is 75.7 Å². The van der Waals surface area contributed by atoms with E-state index in [0.29, 0.717) is 6.42 Å². The van der Waals surface area contributed by atoms with Gasteiger partial charge in [0.1, 0.15) is 5.82 Å². The van der Waals surface area contributed by atoms with E-state index in [4.69, 9.17) is 16.3 Å². The summed E-state index contributed by atoms with van der Waals surface area (Å²) in [6, 6.07) is 4.39. The van der Waals surface area contributed by atoms with E-state index in [1.165, 1.54) is 17.0 Å². The maximum Gasteiger partial charge on any atom is 0.309 e. The van der Waals surface area contributed by atoms with Crippen LogP contribution >= 0.6 is 11.6 Å². The van der Waals surface area contributed by atoms with Gasteiger partial charge in [-0.1, -0.05) is 39.3 Å². The predicted molar refractivity (Wildman–Crippen MR) is 127 cm³/mol. The van der Waals surface area contributed by atoms with E-state index in [0.717, 1.165) is 12.1 Å². The van der Waals surface area contributed by atoms with Gasteiger partial charge in [-0.25, -0.2) is 13.2 Å². The highest BCUT2D eigenvalue weighted by molar-refractivity contribution is 6.30. The normalized spacial score (nSPS) is 18.2. The van der Waals surface area contributed by atoms with Crippen LogP contribution in [-0.4, -0.2) is 28.6 Å². The number of anilines is 1. The average Bonchev–Trinajstić information content (AvgIpc) is 3.13. The lowest BCUT2D eigenvalue weighted by Gasteiger charge is -2.43. The first-order valence-electron chi connectivity index (χ1n) is 11.7. The number of fused-ring (bicyclic) bond motifs is 1. The minimum absolute atomic E-state index is 0.0755. The number of benzene rings is 2. The fourth-order valence-corrected chi connectivity index (χ4v) is 5.17. The Kier molecular flexibility index (Phi) is 7.74. The SMILES string of the molecule is CCC(C)OC(=O)C(C)C1c2c(cc(F)c(O)c2F)N(C(=O)c2ccc(Cl)c(F)c2)C1(CC)CC. The lowest BCUT2D eigenvalue weighted by Crippen LogP contribution is -2.53. The molecule has 2 aromatic rings. The number of hydrogen-bond acceptors (Lipinski definition) is 4. The molecule has 3 rings (SSSR count). The molecule has 0 radical (unpaired) electrons. The van der Waals surface area contributed by atoms with Gasteiger partial charge in [0.2, 0.25) is 0 Å². The third-order valence-corrected chi connectivity index (χ3v) is 7.45. The van der Waals surface area contributed by atoms with Gasteiger partial charge in [-0.15, -0.1) is 0 Å². The van der Waals surface area contributed by atoms with Crippen molar-refractivity contribution in [2.75, 3.05) is 4.90 Å². The molecule has 0 fully saturated rings. The van der Waals surface area contributed by atoms with Gasteiger partial charge in [0, 0.05) is 23.1 Å². The summed E-state index contributed by atoms with van der Waals surface area (Å²) in [6.07, 6.45) is 0.699. The molecule has 1 amide bonds. The van der Waals surface area contributed by atoms with E-state index in [1.807, 2.05) is 6.92 Å². The topological polar surface area (TPSA) is 66.8 Å². The molecule has 190 valence electrons. The van der Waals surface area contributed by atoms with Crippen LogP contribution in [0.2, 0.25) is 5.02 Å². The van der Waals surface area contributed by atoms with Gasteiger partial charge in [-0.2, -0.15) is 0 Å². The minimum Gasteiger partial charge on any atom is -0.503 e. The van der Waals surface area contributed by atoms with Gasteiger partial charge in [0.15, 0.2) is 17.4 Å². The number of hydrogen-bond donors (Lipinski definition) is 1. The molecule has 0 aliphatic carbocycles. The quantitative estimate of drug-likeness (QED) is 0.418. The Bertz CT molecular complexity index is 1150. The number of phenols is 1. The number of amides is 1. The number of esters is 1. The molecule has 3 atom stereocenters. The number of aromatic hydroxyl groups is 1. The molecule has 3 unspecified atom stereocenters. The summed E-state index contributed by atoms with van der Waals surface area (Å²) in [7, 11) is 0. The van der Waals surface area contributed by atoms with Gasteiger partial charge >= 0.3 is 5.97 Å². The van der Waals surface area contributed by atoms with E-state index in [1.54, 1.807) is 27.7 Å². The number of halogens is 4. The van der Waals surface area contributed by atoms with Crippen molar-refractivity contribution >= 4 is 29.2 Å². The van der Waals surface area contributed by atoms with Crippen molar-refractivity contribution in [3.63, 3.8) is 0 Å². The van der Waals surface area contributed by atoms with Gasteiger partial charge < -0.3 is 14.7 Å². The minimum atomic E-state index is -1.25. The fourth-order valence-electron chi connectivity index (χ4n) is 5.06. The van der Waals surface area contributed by atoms with Gasteiger partial charge in [0.05, 0.1) is 28.3 Å². The largest absolute Gasteiger partial charge is 0.503 e. The highest BCUT2D eigenvalue weighted by atomic mass is 35.5. The second-order valence-corrected chi connectivity index (χ2v) is 9.36. The van der Waals surface area contributed by atoms with Crippen LogP contribution in [0.3, 0.4) is 0 Å². The molecule has 35 heavy (non-hydrogen) atoms. The monoisotopic (exact) mass is 511 g/mol. The Morgan fingerprint density at radius 2 is 1.74 bits per heavy atom. The highest BCUT2D eigenvalue weighted by Crippen LogP contribution is 2.57. The zero-order chi connectivity index (χ0) is 26.2. The standard InChI is InChI=1S/C26H29ClF3NO4/c1-6-13(4)35-25(34)14(5)21-20-19(12-18(29)23(32)22(20)30)31(26(21,7-2)8-3)24(33)15-9-10-16(27)17(28)11-15/h9-14,21,32H,6-8H2,1-5H3. The molecule has 1 heterocycles. The molecule has 0 saturated heterocycles. The van der Waals surface area contributed by atoms with Crippen molar-refractivity contribution < 1.29 is 32.6 Å². The summed E-state index contributed by atoms with van der Waals surface area (Å²) in [4.78, 5) is 28.1. The smallest absolute Gasteiger partial charge is 0.309 e. The maximum atomic E-state index is 15.5. The summed E-state index contributed by atoms with van der Waals surface area (Å²) < 4.78 is 49.8. The molecular weight excluding hydrogens is 483 g/mol. The van der Waals surface area contributed by atoms with E-state index in [-0.39, 0.29) is 40.8 Å². The average molecular weight is 512 g/mol. The number of nitrogens with zero attached hydrogens (tertiary/aromatic N) is 1. The molecule has 2 aromatic carbocycles. The first-order chi connectivity index (χ1) is 16.4. The van der Waals surface area contributed by atoms with Crippen LogP contribution in [0, 0.1) is 23.4 Å². The second-order valence-electron chi connectivity index (χ2n) is 8.96. The van der Waals surface area contributed by atoms with Crippen molar-refractivity contribution in [1.82, 2.24) is 0 Å². The number of carbonyl (C=O) groups excluding carboxylic acids is 2. The summed E-state index contributed by atoms with van der Waals surface area (Å²) >= 11 is 5.77. The van der Waals surface area contributed by atoms with Crippen molar-refractivity contribution in [3.8, 4) is 5.75 Å². The lowest BCUT2D eigenvalue weighted by atomic mass is 9.71. The molecule has 9 heteroatoms. The first-order valence-corrected chi connectivity index (χ1v) is 12.0. The van der Waals surface area contributed by atoms with E-state index in [9.17, 15) is 23.5 Å². The van der Waals surface area contributed by atoms with E-state index in [2.05, 4.69) is 0 Å². The van der Waals surface area contributed by atoms with Crippen molar-refractivity contribution in [3.05, 3.63) is 57.9 Å². The van der Waals surface area contributed by atoms with Crippen LogP contribution < -0.4 is 4.90 Å². The molecule has 1 N–H and O–H groups in total. The number of ether oxygens (including phenoxy) is 1. The Morgan fingerprint density at radius 3 is 2.29 bits per heavy atom. The number of rotatable bonds is 7. The van der Waals surface area contributed by atoms with Gasteiger partial charge in [-0.05, 0) is 44.4 Å². The Labute approximate surface area is 207 Å². The third kappa shape index (κ3) is 4.37. The molecule has 5 nitrogen and oxygen atoms in total. The molecule has 1 aliphatic rings.